The van der Waals surface area contributed by atoms with E-state index >= 15 is 0 Å². The molecule has 2 aromatic rings. The minimum absolute atomic E-state index is 0.419. The molecule has 0 fully saturated rings. The lowest BCUT2D eigenvalue weighted by Gasteiger charge is -2.07. The minimum Gasteiger partial charge on any atom is -0.607 e. The van der Waals surface area contributed by atoms with Gasteiger partial charge in [-0.3, -0.25) is 0 Å². The third-order valence-corrected chi connectivity index (χ3v) is 4.03. The minimum atomic E-state index is -1.84. The van der Waals surface area contributed by atoms with Gasteiger partial charge in [-0.15, -0.1) is 11.3 Å². The lowest BCUT2D eigenvalue weighted by Crippen LogP contribution is -2.08. The van der Waals surface area contributed by atoms with Crippen molar-refractivity contribution in [3.05, 3.63) is 79.4 Å². The van der Waals surface area contributed by atoms with Crippen LogP contribution in [0.4, 0.5) is 0 Å². The highest BCUT2D eigenvalue weighted by Gasteiger charge is 2.13. The predicted molar refractivity (Wildman–Crippen MR) is 90.8 cm³/mol. The van der Waals surface area contributed by atoms with Crippen molar-refractivity contribution in [2.24, 2.45) is 4.74 Å². The van der Waals surface area contributed by atoms with E-state index in [1.54, 1.807) is 18.2 Å². The summed E-state index contributed by atoms with van der Waals surface area (Å²) >= 11 is 0. The van der Waals surface area contributed by atoms with Crippen molar-refractivity contribution in [1.29, 1.82) is 0 Å². The molecule has 0 N–H and O–H groups in total. The lowest BCUT2D eigenvalue weighted by molar-refractivity contribution is -0.152. The Morgan fingerprint density at radius 3 is 2.55 bits per heavy atom. The zero-order chi connectivity index (χ0) is 15.6. The molecule has 0 aromatic heterocycles. The van der Waals surface area contributed by atoms with Crippen LogP contribution < -0.4 is 14.9 Å². The van der Waals surface area contributed by atoms with Gasteiger partial charge in [-0.05, 0) is 30.7 Å². The Hall–Kier alpha value is -2.22. The van der Waals surface area contributed by atoms with Gasteiger partial charge >= 0.3 is 0 Å². The summed E-state index contributed by atoms with van der Waals surface area (Å²) < 4.78 is 9.98. The van der Waals surface area contributed by atoms with Crippen LogP contribution in [-0.2, 0) is 0 Å². The Bertz CT molecular complexity index is 666. The SMILES string of the molecule is C=CCC=CCN=[P+]([O-])c1ccccc1Oc1ccccc1. The average molecular weight is 311 g/mol. The Labute approximate surface area is 132 Å². The van der Waals surface area contributed by atoms with Gasteiger partial charge in [0.15, 0.2) is 5.75 Å². The zero-order valence-electron chi connectivity index (χ0n) is 12.3. The second kappa shape index (κ2) is 8.93. The maximum Gasteiger partial charge on any atom is 0.209 e. The molecule has 22 heavy (non-hydrogen) atoms. The van der Waals surface area contributed by atoms with E-state index in [9.17, 15) is 4.89 Å². The molecule has 2 aromatic carbocycles. The second-order valence-corrected chi connectivity index (χ2v) is 5.79. The predicted octanol–water partition coefficient (Wildman–Crippen LogP) is 4.18. The molecule has 0 aliphatic carbocycles. The number of hydrogen-bond donors (Lipinski definition) is 0. The van der Waals surface area contributed by atoms with Crippen molar-refractivity contribution < 1.29 is 9.63 Å². The highest BCUT2D eigenvalue weighted by molar-refractivity contribution is 7.48. The van der Waals surface area contributed by atoms with E-state index < -0.39 is 7.94 Å². The molecule has 112 valence electrons. The highest BCUT2D eigenvalue weighted by atomic mass is 31.1. The van der Waals surface area contributed by atoms with Crippen LogP contribution in [0, 0.1) is 0 Å². The lowest BCUT2D eigenvalue weighted by atomic mass is 10.3. The number of ether oxygens (including phenoxy) is 1. The molecule has 0 spiro atoms. The first-order valence-electron chi connectivity index (χ1n) is 7.04. The molecule has 0 amide bonds. The molecule has 0 saturated carbocycles. The third kappa shape index (κ3) is 4.96. The molecule has 0 saturated heterocycles. The van der Waals surface area contributed by atoms with Gasteiger partial charge in [-0.1, -0.05) is 48.6 Å². The summed E-state index contributed by atoms with van der Waals surface area (Å²) in [6.07, 6.45) is 6.43. The summed E-state index contributed by atoms with van der Waals surface area (Å²) in [5.41, 5.74) is 0. The van der Waals surface area contributed by atoms with E-state index in [1.165, 1.54) is 0 Å². The van der Waals surface area contributed by atoms with Crippen LogP contribution in [0.25, 0.3) is 0 Å². The standard InChI is InChI=1S/C18H18NO2P/c1-2-3-4-10-15-19-22(20)18-14-9-8-13-17(18)21-16-11-6-5-7-12-16/h2,4-14H,1,3,15H2. The van der Waals surface area contributed by atoms with Gasteiger partial charge in [0.05, 0.1) is 0 Å². The van der Waals surface area contributed by atoms with Crippen LogP contribution in [-0.4, -0.2) is 6.54 Å². The summed E-state index contributed by atoms with van der Waals surface area (Å²) in [7, 11) is -1.84. The molecule has 0 aliphatic rings. The van der Waals surface area contributed by atoms with Crippen LogP contribution in [0.1, 0.15) is 6.42 Å². The molecule has 0 aliphatic heterocycles. The number of nitrogens with zero attached hydrogens (tertiary/aromatic N) is 1. The number of para-hydroxylation sites is 2. The van der Waals surface area contributed by atoms with Gasteiger partial charge in [0.25, 0.3) is 0 Å². The average Bonchev–Trinajstić information content (AvgIpc) is 2.56. The first-order chi connectivity index (χ1) is 10.8. The fraction of sp³-hybridized carbons (Fsp3) is 0.111. The molecule has 2 rings (SSSR count). The zero-order valence-corrected chi connectivity index (χ0v) is 13.2. The first-order valence-corrected chi connectivity index (χ1v) is 8.25. The summed E-state index contributed by atoms with van der Waals surface area (Å²) in [5.74, 6) is 1.29. The number of hydrogen-bond acceptors (Lipinski definition) is 3. The largest absolute Gasteiger partial charge is 0.607 e. The van der Waals surface area contributed by atoms with Gasteiger partial charge in [0.1, 0.15) is 12.3 Å². The summed E-state index contributed by atoms with van der Waals surface area (Å²) in [5, 5.41) is 0.610. The van der Waals surface area contributed by atoms with Gasteiger partial charge in [0.2, 0.25) is 13.2 Å². The Morgan fingerprint density at radius 2 is 1.77 bits per heavy atom. The summed E-state index contributed by atoms with van der Waals surface area (Å²) in [6, 6.07) is 16.7. The quantitative estimate of drug-likeness (QED) is 0.569. The third-order valence-electron chi connectivity index (χ3n) is 2.83. The van der Waals surface area contributed by atoms with Crippen LogP contribution in [0.5, 0.6) is 11.5 Å². The van der Waals surface area contributed by atoms with Crippen LogP contribution in [0.3, 0.4) is 0 Å². The molecular formula is C18H18NO2P. The Morgan fingerprint density at radius 1 is 1.05 bits per heavy atom. The van der Waals surface area contributed by atoms with E-state index in [0.717, 1.165) is 6.42 Å². The fourth-order valence-electron chi connectivity index (χ4n) is 1.78. The van der Waals surface area contributed by atoms with E-state index in [1.807, 2.05) is 54.6 Å². The van der Waals surface area contributed by atoms with Crippen molar-refractivity contribution in [2.75, 3.05) is 6.54 Å². The van der Waals surface area contributed by atoms with Crippen molar-refractivity contribution in [1.82, 2.24) is 0 Å². The topological polar surface area (TPSA) is 44.7 Å². The Kier molecular flexibility index (Phi) is 6.56. The highest BCUT2D eigenvalue weighted by Crippen LogP contribution is 2.26. The van der Waals surface area contributed by atoms with E-state index in [2.05, 4.69) is 11.3 Å². The number of allylic oxidation sites excluding steroid dienone is 2. The Balaban J connectivity index is 2.13. The van der Waals surface area contributed by atoms with E-state index in [-0.39, 0.29) is 0 Å². The fourth-order valence-corrected chi connectivity index (χ4v) is 2.70. The maximum absolute atomic E-state index is 12.3. The van der Waals surface area contributed by atoms with Crippen LogP contribution >= 0.6 is 7.94 Å². The molecular weight excluding hydrogens is 293 g/mol. The van der Waals surface area contributed by atoms with Crippen molar-refractivity contribution in [3.63, 3.8) is 0 Å². The molecule has 3 nitrogen and oxygen atoms in total. The molecule has 0 radical (unpaired) electrons. The maximum atomic E-state index is 12.3. The van der Waals surface area contributed by atoms with E-state index in [0.29, 0.717) is 23.3 Å². The van der Waals surface area contributed by atoms with Crippen LogP contribution in [0.2, 0.25) is 0 Å². The number of rotatable bonds is 7. The van der Waals surface area contributed by atoms with Gasteiger partial charge in [-0.2, -0.15) is 0 Å². The summed E-state index contributed by atoms with van der Waals surface area (Å²) in [4.78, 5) is 12.3. The normalized spacial score (nSPS) is 11.6. The van der Waals surface area contributed by atoms with Gasteiger partial charge in [-0.25, -0.2) is 0 Å². The first kappa shape index (κ1) is 16.2. The smallest absolute Gasteiger partial charge is 0.209 e. The second-order valence-electron chi connectivity index (χ2n) is 4.48. The molecule has 1 atom stereocenters. The monoisotopic (exact) mass is 311 g/mol. The van der Waals surface area contributed by atoms with Gasteiger partial charge in [0, 0.05) is 0 Å². The van der Waals surface area contributed by atoms with Crippen molar-refractivity contribution in [2.45, 2.75) is 6.42 Å². The molecule has 0 heterocycles. The van der Waals surface area contributed by atoms with Crippen molar-refractivity contribution in [3.8, 4) is 11.5 Å². The molecule has 4 heteroatoms. The summed E-state index contributed by atoms with van der Waals surface area (Å²) in [6.45, 7) is 4.06. The molecule has 0 bridgehead atoms. The van der Waals surface area contributed by atoms with E-state index in [4.69, 9.17) is 4.74 Å². The van der Waals surface area contributed by atoms with Gasteiger partial charge < -0.3 is 9.63 Å². The molecule has 1 unspecified atom stereocenters. The number of benzene rings is 2. The van der Waals surface area contributed by atoms with Crippen LogP contribution in [0.15, 0.2) is 84.1 Å². The van der Waals surface area contributed by atoms with Crippen molar-refractivity contribution >= 4 is 13.2 Å².